The highest BCUT2D eigenvalue weighted by Gasteiger charge is 2.28. The zero-order valence-electron chi connectivity index (χ0n) is 20.3. The summed E-state index contributed by atoms with van der Waals surface area (Å²) in [5.74, 6) is -1.06. The number of halogens is 1. The molecule has 2 heterocycles. The van der Waals surface area contributed by atoms with Crippen LogP contribution < -0.4 is 9.47 Å². The highest BCUT2D eigenvalue weighted by molar-refractivity contribution is 6.35. The van der Waals surface area contributed by atoms with Gasteiger partial charge in [-0.05, 0) is 42.7 Å². The van der Waals surface area contributed by atoms with E-state index in [2.05, 4.69) is 5.10 Å². The predicted molar refractivity (Wildman–Crippen MR) is 135 cm³/mol. The molecule has 0 saturated heterocycles. The summed E-state index contributed by atoms with van der Waals surface area (Å²) in [4.78, 5) is 23.4. The van der Waals surface area contributed by atoms with Crippen LogP contribution in [0.5, 0.6) is 11.6 Å². The van der Waals surface area contributed by atoms with Crippen LogP contribution in [0.1, 0.15) is 33.7 Å². The van der Waals surface area contributed by atoms with Gasteiger partial charge >= 0.3 is 11.9 Å². The van der Waals surface area contributed by atoms with Crippen LogP contribution in [-0.4, -0.2) is 43.6 Å². The van der Waals surface area contributed by atoms with Gasteiger partial charge in [-0.25, -0.2) is 4.79 Å². The lowest BCUT2D eigenvalue weighted by atomic mass is 9.99. The number of aromatic nitrogens is 3. The van der Waals surface area contributed by atoms with Crippen LogP contribution in [0.25, 0.3) is 22.0 Å². The predicted octanol–water partition coefficient (Wildman–Crippen LogP) is 4.84. The summed E-state index contributed by atoms with van der Waals surface area (Å²) in [6.45, 7) is 2.13. The van der Waals surface area contributed by atoms with Crippen molar-refractivity contribution in [2.24, 2.45) is 14.1 Å². The number of carboxylic acids is 2. The van der Waals surface area contributed by atoms with Crippen molar-refractivity contribution in [3.8, 4) is 22.8 Å². The smallest absolute Gasteiger partial charge is 0.352 e. The first-order chi connectivity index (χ1) is 17.1. The van der Waals surface area contributed by atoms with Crippen molar-refractivity contribution in [1.82, 2.24) is 14.3 Å². The number of fused-ring (bicyclic) bond motifs is 1. The van der Waals surface area contributed by atoms with Crippen molar-refractivity contribution in [3.05, 3.63) is 63.9 Å². The number of rotatable bonds is 9. The van der Waals surface area contributed by atoms with E-state index in [0.717, 1.165) is 17.0 Å². The first-order valence-electron chi connectivity index (χ1n) is 11.2. The Hall–Kier alpha value is -3.98. The van der Waals surface area contributed by atoms with Gasteiger partial charge in [0.1, 0.15) is 18.1 Å². The molecular formula is C26H26ClN3O6. The van der Waals surface area contributed by atoms with Crippen LogP contribution in [0.3, 0.4) is 0 Å². The van der Waals surface area contributed by atoms with Gasteiger partial charge in [-0.2, -0.15) is 0 Å². The van der Waals surface area contributed by atoms with Gasteiger partial charge in [0.2, 0.25) is 5.88 Å². The molecule has 0 radical (unpaired) electrons. The van der Waals surface area contributed by atoms with Crippen molar-refractivity contribution in [2.45, 2.75) is 26.4 Å². The number of aryl methyl sites for hydroxylation is 3. The van der Waals surface area contributed by atoms with E-state index in [9.17, 15) is 19.8 Å². The minimum Gasteiger partial charge on any atom is -0.497 e. The number of hydrogen-bond donors (Lipinski definition) is 2. The van der Waals surface area contributed by atoms with E-state index in [1.54, 1.807) is 42.6 Å². The summed E-state index contributed by atoms with van der Waals surface area (Å²) in [6, 6.07) is 10.9. The summed E-state index contributed by atoms with van der Waals surface area (Å²) in [5, 5.41) is 24.7. The maximum atomic E-state index is 12.2. The molecule has 2 N–H and O–H groups in total. The van der Waals surface area contributed by atoms with Crippen LogP contribution in [0.4, 0.5) is 0 Å². The van der Waals surface area contributed by atoms with E-state index >= 15 is 0 Å². The monoisotopic (exact) mass is 511 g/mol. The Bertz CT molecular complexity index is 1470. The molecule has 188 valence electrons. The van der Waals surface area contributed by atoms with E-state index in [0.29, 0.717) is 38.5 Å². The van der Waals surface area contributed by atoms with Gasteiger partial charge in [-0.3, -0.25) is 9.48 Å². The summed E-state index contributed by atoms with van der Waals surface area (Å²) >= 11 is 6.72. The summed E-state index contributed by atoms with van der Waals surface area (Å²) in [6.07, 6.45) is -0.123. The molecule has 4 aromatic rings. The molecule has 0 saturated carbocycles. The van der Waals surface area contributed by atoms with Gasteiger partial charge in [0, 0.05) is 37.2 Å². The fraction of sp³-hybridized carbons (Fsp3) is 0.269. The van der Waals surface area contributed by atoms with Crippen LogP contribution in [-0.2, 0) is 31.9 Å². The molecule has 0 aliphatic heterocycles. The lowest BCUT2D eigenvalue weighted by Crippen LogP contribution is -2.08. The number of nitrogens with zero attached hydrogens (tertiary/aromatic N) is 3. The highest BCUT2D eigenvalue weighted by atomic mass is 35.5. The average molecular weight is 512 g/mol. The molecule has 0 aliphatic rings. The molecule has 0 fully saturated rings. The van der Waals surface area contributed by atoms with Crippen molar-refractivity contribution < 1.29 is 29.3 Å². The van der Waals surface area contributed by atoms with E-state index in [1.807, 2.05) is 31.2 Å². The molecule has 36 heavy (non-hydrogen) atoms. The van der Waals surface area contributed by atoms with E-state index in [-0.39, 0.29) is 25.1 Å². The van der Waals surface area contributed by atoms with Crippen LogP contribution in [0.15, 0.2) is 36.4 Å². The first-order valence-corrected chi connectivity index (χ1v) is 11.6. The fourth-order valence-electron chi connectivity index (χ4n) is 4.44. The van der Waals surface area contributed by atoms with E-state index in [1.165, 1.54) is 0 Å². The molecule has 10 heteroatoms. The second-order valence-corrected chi connectivity index (χ2v) is 8.84. The fourth-order valence-corrected chi connectivity index (χ4v) is 4.68. The van der Waals surface area contributed by atoms with Crippen molar-refractivity contribution >= 4 is 34.4 Å². The minimum absolute atomic E-state index is 0.0250. The third kappa shape index (κ3) is 4.49. The highest BCUT2D eigenvalue weighted by Crippen LogP contribution is 2.44. The van der Waals surface area contributed by atoms with Gasteiger partial charge in [0.05, 0.1) is 23.2 Å². The van der Waals surface area contributed by atoms with Crippen LogP contribution >= 0.6 is 11.6 Å². The lowest BCUT2D eigenvalue weighted by Gasteiger charge is -2.12. The van der Waals surface area contributed by atoms with Gasteiger partial charge in [-0.1, -0.05) is 29.8 Å². The van der Waals surface area contributed by atoms with Gasteiger partial charge in [0.25, 0.3) is 0 Å². The number of ether oxygens (including phenoxy) is 2. The molecule has 0 atom stereocenters. The van der Waals surface area contributed by atoms with Crippen LogP contribution in [0, 0.1) is 6.92 Å². The Labute approximate surface area is 212 Å². The quantitative estimate of drug-likeness (QED) is 0.330. The topological polar surface area (TPSA) is 116 Å². The maximum absolute atomic E-state index is 12.2. The van der Waals surface area contributed by atoms with Gasteiger partial charge in [0.15, 0.2) is 0 Å². The SMILES string of the molecule is COc1ccc(COc2nn(C)c(C)c2-c2c(Cl)ccc3c(CCC(=O)O)c(C(=O)O)n(C)c23)cc1. The number of aliphatic carboxylic acids is 1. The zero-order chi connectivity index (χ0) is 26.1. The van der Waals surface area contributed by atoms with E-state index in [4.69, 9.17) is 21.1 Å². The van der Waals surface area contributed by atoms with Crippen molar-refractivity contribution in [2.75, 3.05) is 7.11 Å². The second kappa shape index (κ2) is 9.94. The number of methoxy groups -OCH3 is 1. The average Bonchev–Trinajstić information content (AvgIpc) is 3.29. The summed E-state index contributed by atoms with van der Waals surface area (Å²) in [5.41, 5.74) is 3.96. The summed E-state index contributed by atoms with van der Waals surface area (Å²) in [7, 11) is 5.03. The Morgan fingerprint density at radius 1 is 1.06 bits per heavy atom. The molecule has 0 aliphatic carbocycles. The normalized spacial score (nSPS) is 11.1. The van der Waals surface area contributed by atoms with Gasteiger partial charge in [-0.15, -0.1) is 5.10 Å². The lowest BCUT2D eigenvalue weighted by molar-refractivity contribution is -0.136. The van der Waals surface area contributed by atoms with Crippen molar-refractivity contribution in [3.63, 3.8) is 0 Å². The molecule has 0 unspecified atom stereocenters. The third-order valence-corrected chi connectivity index (χ3v) is 6.60. The molecule has 4 rings (SSSR count). The second-order valence-electron chi connectivity index (χ2n) is 8.43. The molecule has 9 nitrogen and oxygen atoms in total. The number of benzene rings is 2. The Morgan fingerprint density at radius 2 is 1.75 bits per heavy atom. The molecule has 2 aromatic carbocycles. The van der Waals surface area contributed by atoms with Crippen molar-refractivity contribution in [1.29, 1.82) is 0 Å². The van der Waals surface area contributed by atoms with E-state index < -0.39 is 11.9 Å². The molecule has 0 spiro atoms. The number of carbonyl (C=O) groups is 2. The number of hydrogen-bond acceptors (Lipinski definition) is 5. The minimum atomic E-state index is -1.14. The standard InChI is InChI=1S/C26H26ClN3O6/c1-14-21(25(28-30(14)3)36-13-15-5-7-16(35-4)8-6-15)22-19(27)11-9-17-18(10-12-20(31)32)24(26(33)34)29(2)23(17)22/h5-9,11H,10,12-13H2,1-4H3,(H,31,32)(H,33,34). The van der Waals surface area contributed by atoms with Gasteiger partial charge < -0.3 is 24.3 Å². The zero-order valence-corrected chi connectivity index (χ0v) is 21.1. The Balaban J connectivity index is 1.87. The third-order valence-electron chi connectivity index (χ3n) is 6.29. The Kier molecular flexibility index (Phi) is 6.94. The summed E-state index contributed by atoms with van der Waals surface area (Å²) < 4.78 is 14.6. The van der Waals surface area contributed by atoms with Crippen LogP contribution in [0.2, 0.25) is 5.02 Å². The molecular weight excluding hydrogens is 486 g/mol. The molecule has 2 aromatic heterocycles. The number of aromatic carboxylic acids is 1. The Morgan fingerprint density at radius 3 is 2.36 bits per heavy atom. The molecule has 0 amide bonds. The molecule has 0 bridgehead atoms. The largest absolute Gasteiger partial charge is 0.497 e. The maximum Gasteiger partial charge on any atom is 0.352 e. The first kappa shape index (κ1) is 25.1. The number of carboxylic acid groups (broad SMARTS) is 2.